The molecule has 0 radical (unpaired) electrons. The fraction of sp³-hybridized carbons (Fsp3) is 0.250. The molecule has 5 heteroatoms. The van der Waals surface area contributed by atoms with E-state index in [2.05, 4.69) is 10.4 Å². The molecule has 1 heterocycles. The van der Waals surface area contributed by atoms with Crippen LogP contribution in [0.25, 0.3) is 6.08 Å². The molecule has 0 bridgehead atoms. The number of hydrogen-bond donors (Lipinski definition) is 1. The molecule has 0 saturated heterocycles. The van der Waals surface area contributed by atoms with E-state index in [1.54, 1.807) is 17.9 Å². The van der Waals surface area contributed by atoms with Crippen molar-refractivity contribution in [1.82, 2.24) is 9.78 Å². The number of carbonyl (C=O) groups excluding carboxylic acids is 1. The maximum atomic E-state index is 12.0. The van der Waals surface area contributed by atoms with Crippen LogP contribution in [0.3, 0.4) is 0 Å². The van der Waals surface area contributed by atoms with Crippen LogP contribution in [0.5, 0.6) is 5.75 Å². The molecule has 0 aliphatic carbocycles. The fourth-order valence-electron chi connectivity index (χ4n) is 2.01. The van der Waals surface area contributed by atoms with Crippen molar-refractivity contribution in [2.45, 2.75) is 13.8 Å². The Bertz CT molecular complexity index is 670. The number of carbonyl (C=O) groups is 1. The molecule has 0 fully saturated rings. The summed E-state index contributed by atoms with van der Waals surface area (Å²) in [6.45, 7) is 3.79. The first-order chi connectivity index (χ1) is 10.0. The zero-order valence-corrected chi connectivity index (χ0v) is 12.7. The molecule has 2 aromatic rings. The molecule has 21 heavy (non-hydrogen) atoms. The molecule has 0 spiro atoms. The average Bonchev–Trinajstić information content (AvgIpc) is 2.72. The lowest BCUT2D eigenvalue weighted by molar-refractivity contribution is -0.111. The van der Waals surface area contributed by atoms with Crippen LogP contribution in [-0.2, 0) is 11.8 Å². The van der Waals surface area contributed by atoms with Crippen molar-refractivity contribution in [3.8, 4) is 5.75 Å². The van der Waals surface area contributed by atoms with Gasteiger partial charge in [0.25, 0.3) is 0 Å². The van der Waals surface area contributed by atoms with Crippen LogP contribution in [0.15, 0.2) is 30.3 Å². The first-order valence-electron chi connectivity index (χ1n) is 6.64. The molecular formula is C16H19N3O2. The van der Waals surface area contributed by atoms with Gasteiger partial charge in [-0.2, -0.15) is 5.10 Å². The van der Waals surface area contributed by atoms with Gasteiger partial charge in [-0.25, -0.2) is 0 Å². The van der Waals surface area contributed by atoms with E-state index in [9.17, 15) is 4.79 Å². The standard InChI is InChI=1S/C16H19N3O2/c1-11-16(12(2)19(3)18-11)17-15(20)10-7-13-5-8-14(21-4)9-6-13/h5-10H,1-4H3,(H,17,20)/b10-7+. The smallest absolute Gasteiger partial charge is 0.248 e. The van der Waals surface area contributed by atoms with E-state index < -0.39 is 0 Å². The Labute approximate surface area is 124 Å². The van der Waals surface area contributed by atoms with Gasteiger partial charge in [-0.3, -0.25) is 9.48 Å². The van der Waals surface area contributed by atoms with E-state index >= 15 is 0 Å². The van der Waals surface area contributed by atoms with Crippen molar-refractivity contribution < 1.29 is 9.53 Å². The highest BCUT2D eigenvalue weighted by Gasteiger charge is 2.10. The molecule has 110 valence electrons. The second-order valence-electron chi connectivity index (χ2n) is 4.77. The van der Waals surface area contributed by atoms with Crippen LogP contribution in [0.1, 0.15) is 17.0 Å². The van der Waals surface area contributed by atoms with E-state index in [1.807, 2.05) is 45.2 Å². The van der Waals surface area contributed by atoms with E-state index in [1.165, 1.54) is 6.08 Å². The van der Waals surface area contributed by atoms with Gasteiger partial charge >= 0.3 is 0 Å². The Morgan fingerprint density at radius 3 is 2.48 bits per heavy atom. The minimum atomic E-state index is -0.176. The van der Waals surface area contributed by atoms with Crippen LogP contribution in [0.2, 0.25) is 0 Å². The molecule has 1 aromatic carbocycles. The maximum absolute atomic E-state index is 12.0. The Morgan fingerprint density at radius 1 is 1.29 bits per heavy atom. The molecule has 2 rings (SSSR count). The van der Waals surface area contributed by atoms with Crippen LogP contribution in [0.4, 0.5) is 5.69 Å². The highest BCUT2D eigenvalue weighted by Crippen LogP contribution is 2.18. The highest BCUT2D eigenvalue weighted by atomic mass is 16.5. The van der Waals surface area contributed by atoms with Gasteiger partial charge < -0.3 is 10.1 Å². The summed E-state index contributed by atoms with van der Waals surface area (Å²) in [4.78, 5) is 12.0. The first-order valence-corrected chi connectivity index (χ1v) is 6.64. The zero-order chi connectivity index (χ0) is 15.4. The number of ether oxygens (including phenoxy) is 1. The molecule has 0 saturated carbocycles. The zero-order valence-electron chi connectivity index (χ0n) is 12.7. The lowest BCUT2D eigenvalue weighted by Crippen LogP contribution is -2.09. The summed E-state index contributed by atoms with van der Waals surface area (Å²) in [5.41, 5.74) is 3.44. The molecule has 0 atom stereocenters. The topological polar surface area (TPSA) is 56.1 Å². The monoisotopic (exact) mass is 285 g/mol. The summed E-state index contributed by atoms with van der Waals surface area (Å²) in [7, 11) is 3.47. The largest absolute Gasteiger partial charge is 0.497 e. The number of aryl methyl sites for hydroxylation is 2. The molecule has 1 aromatic heterocycles. The molecule has 0 aliphatic heterocycles. The SMILES string of the molecule is COc1ccc(/C=C/C(=O)Nc2c(C)nn(C)c2C)cc1. The van der Waals surface area contributed by atoms with Gasteiger partial charge in [0.05, 0.1) is 24.2 Å². The Kier molecular flexibility index (Phi) is 4.42. The maximum Gasteiger partial charge on any atom is 0.248 e. The minimum Gasteiger partial charge on any atom is -0.497 e. The van der Waals surface area contributed by atoms with Crippen molar-refractivity contribution in [1.29, 1.82) is 0 Å². The number of anilines is 1. The number of nitrogens with one attached hydrogen (secondary N) is 1. The van der Waals surface area contributed by atoms with Crippen LogP contribution >= 0.6 is 0 Å². The third-order valence-electron chi connectivity index (χ3n) is 3.30. The number of nitrogens with zero attached hydrogens (tertiary/aromatic N) is 2. The Morgan fingerprint density at radius 2 is 1.95 bits per heavy atom. The van der Waals surface area contributed by atoms with Gasteiger partial charge in [0.2, 0.25) is 5.91 Å². The molecule has 0 unspecified atom stereocenters. The van der Waals surface area contributed by atoms with E-state index in [0.29, 0.717) is 0 Å². The fourth-order valence-corrected chi connectivity index (χ4v) is 2.01. The molecular weight excluding hydrogens is 266 g/mol. The molecule has 1 N–H and O–H groups in total. The van der Waals surface area contributed by atoms with Crippen LogP contribution in [-0.4, -0.2) is 22.8 Å². The quantitative estimate of drug-likeness (QED) is 0.879. The predicted octanol–water partition coefficient (Wildman–Crippen LogP) is 2.70. The third kappa shape index (κ3) is 3.51. The van der Waals surface area contributed by atoms with Gasteiger partial charge in [0.15, 0.2) is 0 Å². The molecule has 0 aliphatic rings. The molecule has 1 amide bonds. The summed E-state index contributed by atoms with van der Waals surface area (Å²) in [6.07, 6.45) is 3.27. The summed E-state index contributed by atoms with van der Waals surface area (Å²) >= 11 is 0. The van der Waals surface area contributed by atoms with E-state index in [4.69, 9.17) is 4.74 Å². The third-order valence-corrected chi connectivity index (χ3v) is 3.30. The first kappa shape index (κ1) is 14.8. The summed E-state index contributed by atoms with van der Waals surface area (Å²) in [5.74, 6) is 0.614. The van der Waals surface area contributed by atoms with Gasteiger partial charge in [-0.1, -0.05) is 12.1 Å². The number of rotatable bonds is 4. The summed E-state index contributed by atoms with van der Waals surface area (Å²) in [5, 5.41) is 7.12. The number of amides is 1. The van der Waals surface area contributed by atoms with Crippen molar-refractivity contribution in [2.75, 3.05) is 12.4 Å². The van der Waals surface area contributed by atoms with E-state index in [0.717, 1.165) is 28.4 Å². The average molecular weight is 285 g/mol. The van der Waals surface area contributed by atoms with Gasteiger partial charge in [-0.15, -0.1) is 0 Å². The van der Waals surface area contributed by atoms with Gasteiger partial charge in [0, 0.05) is 13.1 Å². The second-order valence-corrected chi connectivity index (χ2v) is 4.77. The van der Waals surface area contributed by atoms with Crippen molar-refractivity contribution in [3.63, 3.8) is 0 Å². The Hall–Kier alpha value is -2.56. The number of methoxy groups -OCH3 is 1. The number of hydrogen-bond acceptors (Lipinski definition) is 3. The second kappa shape index (κ2) is 6.26. The predicted molar refractivity (Wildman–Crippen MR) is 83.3 cm³/mol. The molecule has 5 nitrogen and oxygen atoms in total. The minimum absolute atomic E-state index is 0.176. The normalized spacial score (nSPS) is 10.9. The van der Waals surface area contributed by atoms with E-state index in [-0.39, 0.29) is 5.91 Å². The van der Waals surface area contributed by atoms with Crippen LogP contribution < -0.4 is 10.1 Å². The summed E-state index contributed by atoms with van der Waals surface area (Å²) < 4.78 is 6.84. The van der Waals surface area contributed by atoms with Crippen molar-refractivity contribution >= 4 is 17.7 Å². The number of aromatic nitrogens is 2. The lowest BCUT2D eigenvalue weighted by Gasteiger charge is -2.02. The summed E-state index contributed by atoms with van der Waals surface area (Å²) in [6, 6.07) is 7.49. The van der Waals surface area contributed by atoms with Gasteiger partial charge in [-0.05, 0) is 37.6 Å². The van der Waals surface area contributed by atoms with Crippen LogP contribution in [0, 0.1) is 13.8 Å². The van der Waals surface area contributed by atoms with Crippen molar-refractivity contribution in [3.05, 3.63) is 47.3 Å². The highest BCUT2D eigenvalue weighted by molar-refractivity contribution is 6.02. The van der Waals surface area contributed by atoms with Crippen molar-refractivity contribution in [2.24, 2.45) is 7.05 Å². The Balaban J connectivity index is 2.05. The lowest BCUT2D eigenvalue weighted by atomic mass is 10.2. The number of benzene rings is 1. The van der Waals surface area contributed by atoms with Gasteiger partial charge in [0.1, 0.15) is 5.75 Å².